The highest BCUT2D eigenvalue weighted by Gasteiger charge is 2.18. The highest BCUT2D eigenvalue weighted by molar-refractivity contribution is 9.10. The average Bonchev–Trinajstić information content (AvgIpc) is 2.35. The van der Waals surface area contributed by atoms with Crippen LogP contribution in [0.3, 0.4) is 0 Å². The summed E-state index contributed by atoms with van der Waals surface area (Å²) in [6.07, 6.45) is 0. The number of hydrogen-bond acceptors (Lipinski definition) is 5. The Bertz CT molecular complexity index is 523. The fraction of sp³-hybridized carbons (Fsp3) is 0.467. The van der Waals surface area contributed by atoms with Gasteiger partial charge in [0.1, 0.15) is 5.60 Å². The first kappa shape index (κ1) is 18.0. The van der Waals surface area contributed by atoms with E-state index >= 15 is 0 Å². The summed E-state index contributed by atoms with van der Waals surface area (Å²) >= 11 is 4.76. The maximum Gasteiger partial charge on any atom is 0.338 e. The second-order valence-electron chi connectivity index (χ2n) is 5.24. The van der Waals surface area contributed by atoms with Gasteiger partial charge in [0.15, 0.2) is 0 Å². The molecule has 0 aliphatic carbocycles. The number of ether oxygens (including phenoxy) is 2. The molecule has 0 atom stereocenters. The van der Waals surface area contributed by atoms with Crippen LogP contribution in [0.15, 0.2) is 27.6 Å². The normalized spacial score (nSPS) is 11.1. The predicted octanol–water partition coefficient (Wildman–Crippen LogP) is 4.06. The summed E-state index contributed by atoms with van der Waals surface area (Å²) in [5.74, 6) is -0.395. The molecule has 0 aromatic heterocycles. The minimum Gasteiger partial charge on any atom is -0.465 e. The van der Waals surface area contributed by atoms with Crippen molar-refractivity contribution in [2.24, 2.45) is 0 Å². The van der Waals surface area contributed by atoms with Gasteiger partial charge in [-0.05, 0) is 61.8 Å². The van der Waals surface area contributed by atoms with E-state index in [4.69, 9.17) is 9.47 Å². The zero-order valence-electron chi connectivity index (χ0n) is 12.6. The van der Waals surface area contributed by atoms with Crippen LogP contribution in [0.1, 0.15) is 38.1 Å². The van der Waals surface area contributed by atoms with Gasteiger partial charge in [0.05, 0.1) is 17.9 Å². The molecule has 0 amide bonds. The van der Waals surface area contributed by atoms with Crippen molar-refractivity contribution in [3.63, 3.8) is 0 Å². The number of carbonyl (C=O) groups excluding carboxylic acids is 2. The van der Waals surface area contributed by atoms with Gasteiger partial charge in [-0.3, -0.25) is 4.79 Å². The van der Waals surface area contributed by atoms with Gasteiger partial charge in [0.2, 0.25) is 0 Å². The van der Waals surface area contributed by atoms with Gasteiger partial charge < -0.3 is 9.47 Å². The second kappa shape index (κ2) is 7.84. The summed E-state index contributed by atoms with van der Waals surface area (Å²) in [5, 5.41) is 0. The Morgan fingerprint density at radius 3 is 2.48 bits per heavy atom. The number of esters is 2. The van der Waals surface area contributed by atoms with Gasteiger partial charge in [0, 0.05) is 9.37 Å². The molecule has 0 heterocycles. The molecule has 6 heteroatoms. The molecule has 0 spiro atoms. The number of thioether (sulfide) groups is 1. The van der Waals surface area contributed by atoms with E-state index in [1.54, 1.807) is 25.1 Å². The molecule has 1 rings (SSSR count). The van der Waals surface area contributed by atoms with E-state index in [0.717, 1.165) is 9.37 Å². The smallest absolute Gasteiger partial charge is 0.338 e. The van der Waals surface area contributed by atoms with Crippen LogP contribution in [0, 0.1) is 0 Å². The van der Waals surface area contributed by atoms with Gasteiger partial charge in [-0.25, -0.2) is 4.79 Å². The number of carbonyl (C=O) groups is 2. The van der Waals surface area contributed by atoms with E-state index in [0.29, 0.717) is 12.2 Å². The van der Waals surface area contributed by atoms with Crippen LogP contribution >= 0.6 is 27.7 Å². The standard InChI is InChI=1S/C15H19BrO4S/c1-5-19-13(17)9-21-12-7-6-10(8-11(12)16)14(18)20-15(2,3)4/h6-8H,5,9H2,1-4H3. The van der Waals surface area contributed by atoms with Crippen LogP contribution in [0.25, 0.3) is 0 Å². The first-order chi connectivity index (χ1) is 9.73. The molecular formula is C15H19BrO4S. The lowest BCUT2D eigenvalue weighted by Crippen LogP contribution is -2.23. The Kier molecular flexibility index (Phi) is 6.74. The van der Waals surface area contributed by atoms with Gasteiger partial charge in [-0.15, -0.1) is 11.8 Å². The van der Waals surface area contributed by atoms with E-state index in [-0.39, 0.29) is 17.7 Å². The Balaban J connectivity index is 2.72. The largest absolute Gasteiger partial charge is 0.465 e. The molecule has 21 heavy (non-hydrogen) atoms. The molecule has 1 aromatic carbocycles. The molecular weight excluding hydrogens is 356 g/mol. The fourth-order valence-electron chi connectivity index (χ4n) is 1.42. The van der Waals surface area contributed by atoms with Gasteiger partial charge >= 0.3 is 11.9 Å². The topological polar surface area (TPSA) is 52.6 Å². The molecule has 0 saturated carbocycles. The predicted molar refractivity (Wildman–Crippen MR) is 86.7 cm³/mol. The third kappa shape index (κ3) is 6.52. The molecule has 0 N–H and O–H groups in total. The van der Waals surface area contributed by atoms with Crippen LogP contribution in [0.2, 0.25) is 0 Å². The second-order valence-corrected chi connectivity index (χ2v) is 7.11. The Labute approximate surface area is 137 Å². The number of benzene rings is 1. The van der Waals surface area contributed by atoms with Crippen molar-refractivity contribution in [1.82, 2.24) is 0 Å². The van der Waals surface area contributed by atoms with Crippen molar-refractivity contribution in [3.05, 3.63) is 28.2 Å². The van der Waals surface area contributed by atoms with Crippen molar-refractivity contribution in [1.29, 1.82) is 0 Å². The summed E-state index contributed by atoms with van der Waals surface area (Å²) in [6.45, 7) is 7.61. The lowest BCUT2D eigenvalue weighted by Gasteiger charge is -2.19. The first-order valence-electron chi connectivity index (χ1n) is 6.54. The molecule has 4 nitrogen and oxygen atoms in total. The molecule has 0 fully saturated rings. The van der Waals surface area contributed by atoms with Crippen molar-refractivity contribution < 1.29 is 19.1 Å². The van der Waals surface area contributed by atoms with Crippen molar-refractivity contribution in [2.45, 2.75) is 38.2 Å². The number of halogens is 1. The van der Waals surface area contributed by atoms with Crippen molar-refractivity contribution >= 4 is 39.6 Å². The first-order valence-corrected chi connectivity index (χ1v) is 8.32. The van der Waals surface area contributed by atoms with Crippen LogP contribution in [-0.2, 0) is 14.3 Å². The maximum absolute atomic E-state index is 12.0. The highest BCUT2D eigenvalue weighted by Crippen LogP contribution is 2.29. The zero-order valence-corrected chi connectivity index (χ0v) is 15.0. The molecule has 0 radical (unpaired) electrons. The molecule has 0 bridgehead atoms. The lowest BCUT2D eigenvalue weighted by atomic mass is 10.2. The minimum atomic E-state index is -0.527. The molecule has 0 saturated heterocycles. The molecule has 1 aromatic rings. The summed E-state index contributed by atoms with van der Waals surface area (Å²) in [7, 11) is 0. The van der Waals surface area contributed by atoms with E-state index < -0.39 is 5.60 Å². The summed E-state index contributed by atoms with van der Waals surface area (Å²) in [5.41, 5.74) is -0.0572. The van der Waals surface area contributed by atoms with E-state index in [1.807, 2.05) is 20.8 Å². The highest BCUT2D eigenvalue weighted by atomic mass is 79.9. The molecule has 116 valence electrons. The Hall–Kier alpha value is -1.01. The van der Waals surface area contributed by atoms with Crippen LogP contribution in [0.4, 0.5) is 0 Å². The van der Waals surface area contributed by atoms with E-state index in [1.165, 1.54) is 11.8 Å². The molecule has 0 unspecified atom stereocenters. The molecule has 0 aliphatic heterocycles. The average molecular weight is 375 g/mol. The van der Waals surface area contributed by atoms with Crippen LogP contribution in [-0.4, -0.2) is 29.9 Å². The van der Waals surface area contributed by atoms with E-state index in [9.17, 15) is 9.59 Å². The number of hydrogen-bond donors (Lipinski definition) is 0. The van der Waals surface area contributed by atoms with Crippen molar-refractivity contribution in [2.75, 3.05) is 12.4 Å². The SMILES string of the molecule is CCOC(=O)CSc1ccc(C(=O)OC(C)(C)C)cc1Br. The number of rotatable bonds is 5. The summed E-state index contributed by atoms with van der Waals surface area (Å²) < 4.78 is 10.9. The van der Waals surface area contributed by atoms with Gasteiger partial charge in [-0.2, -0.15) is 0 Å². The third-order valence-electron chi connectivity index (χ3n) is 2.22. The van der Waals surface area contributed by atoms with Gasteiger partial charge in [-0.1, -0.05) is 0 Å². The van der Waals surface area contributed by atoms with Crippen LogP contribution in [0.5, 0.6) is 0 Å². The Morgan fingerprint density at radius 1 is 1.29 bits per heavy atom. The van der Waals surface area contributed by atoms with Gasteiger partial charge in [0.25, 0.3) is 0 Å². The lowest BCUT2D eigenvalue weighted by molar-refractivity contribution is -0.139. The minimum absolute atomic E-state index is 0.234. The summed E-state index contributed by atoms with van der Waals surface area (Å²) in [4.78, 5) is 24.1. The maximum atomic E-state index is 12.0. The van der Waals surface area contributed by atoms with E-state index in [2.05, 4.69) is 15.9 Å². The third-order valence-corrected chi connectivity index (χ3v) is 4.18. The fourth-order valence-corrected chi connectivity index (χ4v) is 2.86. The zero-order chi connectivity index (χ0) is 16.0. The van der Waals surface area contributed by atoms with Crippen LogP contribution < -0.4 is 0 Å². The quantitative estimate of drug-likeness (QED) is 0.574. The van der Waals surface area contributed by atoms with Crippen molar-refractivity contribution in [3.8, 4) is 0 Å². The molecule has 0 aliphatic rings. The Morgan fingerprint density at radius 2 is 1.95 bits per heavy atom. The summed E-state index contributed by atoms with van der Waals surface area (Å²) in [6, 6.07) is 5.17. The monoisotopic (exact) mass is 374 g/mol.